The number of ether oxygens (including phenoxy) is 1. The van der Waals surface area contributed by atoms with Gasteiger partial charge in [0.05, 0.1) is 17.1 Å². The van der Waals surface area contributed by atoms with Crippen LogP contribution in [0.2, 0.25) is 0 Å². The van der Waals surface area contributed by atoms with Crippen LogP contribution in [0.25, 0.3) is 10.9 Å². The minimum atomic E-state index is 0.293. The highest BCUT2D eigenvalue weighted by Gasteiger charge is 2.36. The normalized spacial score (nSPS) is 21.3. The second kappa shape index (κ2) is 7.57. The van der Waals surface area contributed by atoms with Crippen molar-refractivity contribution in [1.29, 1.82) is 5.26 Å². The molecule has 5 rings (SSSR count). The van der Waals surface area contributed by atoms with E-state index in [9.17, 15) is 5.26 Å². The van der Waals surface area contributed by atoms with Crippen molar-refractivity contribution < 1.29 is 4.74 Å². The lowest BCUT2D eigenvalue weighted by atomic mass is 10.0. The van der Waals surface area contributed by atoms with E-state index in [4.69, 9.17) is 4.74 Å². The third-order valence-electron chi connectivity index (χ3n) is 6.33. The van der Waals surface area contributed by atoms with Crippen LogP contribution >= 0.6 is 15.9 Å². The number of fused-ring (bicyclic) bond motifs is 3. The van der Waals surface area contributed by atoms with Crippen molar-refractivity contribution in [3.05, 3.63) is 63.8 Å². The largest absolute Gasteiger partial charge is 0.491 e. The number of hydrogen-bond donors (Lipinski definition) is 0. The van der Waals surface area contributed by atoms with E-state index in [1.54, 1.807) is 6.20 Å². The van der Waals surface area contributed by atoms with Crippen molar-refractivity contribution in [2.75, 3.05) is 24.6 Å². The Kier molecular flexibility index (Phi) is 4.88. The Hall–Kier alpha value is -2.62. The summed E-state index contributed by atoms with van der Waals surface area (Å²) in [4.78, 5) is 9.49. The van der Waals surface area contributed by atoms with Gasteiger partial charge < -0.3 is 9.64 Å². The standard InChI is InChI=1S/C24H23BrN4O/c1-15-8-18(25)9-23-21(15)13-29-16(2)11-28(12-19(29)14-30-23)22-6-5-17(10-26)24-20(22)4-3-7-27-24/h3-9,16,19H,11-14H2,1-2H3/t16-,19-/m1/s1. The molecule has 3 aromatic rings. The zero-order chi connectivity index (χ0) is 20.8. The minimum absolute atomic E-state index is 0.293. The number of piperazine rings is 1. The van der Waals surface area contributed by atoms with E-state index in [1.165, 1.54) is 11.1 Å². The summed E-state index contributed by atoms with van der Waals surface area (Å²) >= 11 is 3.60. The SMILES string of the molecule is Cc1cc(Br)cc2c1CN1[C@@H](CO2)CN(c2ccc(C#N)c3ncccc23)C[C@H]1C. The van der Waals surface area contributed by atoms with Gasteiger partial charge in [0.1, 0.15) is 18.4 Å². The molecule has 0 saturated carbocycles. The highest BCUT2D eigenvalue weighted by atomic mass is 79.9. The second-order valence-corrected chi connectivity index (χ2v) is 9.15. The van der Waals surface area contributed by atoms with Gasteiger partial charge in [-0.2, -0.15) is 5.26 Å². The van der Waals surface area contributed by atoms with Gasteiger partial charge in [0.2, 0.25) is 0 Å². The van der Waals surface area contributed by atoms with Gasteiger partial charge >= 0.3 is 0 Å². The van der Waals surface area contributed by atoms with Gasteiger partial charge in [-0.3, -0.25) is 9.88 Å². The molecule has 0 radical (unpaired) electrons. The van der Waals surface area contributed by atoms with Crippen LogP contribution in [0.1, 0.15) is 23.6 Å². The number of nitriles is 1. The molecule has 2 aromatic carbocycles. The topological polar surface area (TPSA) is 52.4 Å². The van der Waals surface area contributed by atoms with Crippen molar-refractivity contribution in [2.45, 2.75) is 32.5 Å². The predicted molar refractivity (Wildman–Crippen MR) is 122 cm³/mol. The first-order chi connectivity index (χ1) is 14.5. The lowest BCUT2D eigenvalue weighted by Crippen LogP contribution is -2.58. The van der Waals surface area contributed by atoms with E-state index in [2.05, 4.69) is 74.9 Å². The maximum atomic E-state index is 9.46. The summed E-state index contributed by atoms with van der Waals surface area (Å²) in [7, 11) is 0. The van der Waals surface area contributed by atoms with Crippen LogP contribution in [0.15, 0.2) is 47.1 Å². The highest BCUT2D eigenvalue weighted by molar-refractivity contribution is 9.10. The number of nitrogens with zero attached hydrogens (tertiary/aromatic N) is 4. The van der Waals surface area contributed by atoms with Gasteiger partial charge in [-0.15, -0.1) is 0 Å². The Morgan fingerprint density at radius 3 is 2.93 bits per heavy atom. The number of aryl methyl sites for hydroxylation is 1. The smallest absolute Gasteiger partial charge is 0.125 e. The van der Waals surface area contributed by atoms with Gasteiger partial charge in [-0.05, 0) is 55.8 Å². The maximum Gasteiger partial charge on any atom is 0.125 e. The maximum absolute atomic E-state index is 9.46. The molecule has 2 aliphatic heterocycles. The summed E-state index contributed by atoms with van der Waals surface area (Å²) in [5.41, 5.74) is 5.09. The van der Waals surface area contributed by atoms with Crippen LogP contribution in [0.5, 0.6) is 5.75 Å². The lowest BCUT2D eigenvalue weighted by molar-refractivity contribution is 0.0891. The van der Waals surface area contributed by atoms with Gasteiger partial charge in [0, 0.05) is 53.0 Å². The van der Waals surface area contributed by atoms with E-state index >= 15 is 0 Å². The fourth-order valence-electron chi connectivity index (χ4n) is 4.81. The van der Waals surface area contributed by atoms with Crippen molar-refractivity contribution in [2.24, 2.45) is 0 Å². The van der Waals surface area contributed by atoms with Crippen LogP contribution in [0.4, 0.5) is 5.69 Å². The van der Waals surface area contributed by atoms with Crippen molar-refractivity contribution in [1.82, 2.24) is 9.88 Å². The van der Waals surface area contributed by atoms with Crippen LogP contribution in [-0.2, 0) is 6.54 Å². The lowest BCUT2D eigenvalue weighted by Gasteiger charge is -2.45. The molecule has 1 fully saturated rings. The molecule has 30 heavy (non-hydrogen) atoms. The second-order valence-electron chi connectivity index (χ2n) is 8.23. The number of hydrogen-bond acceptors (Lipinski definition) is 5. The number of aromatic nitrogens is 1. The first-order valence-corrected chi connectivity index (χ1v) is 11.0. The Labute approximate surface area is 185 Å². The summed E-state index contributed by atoms with van der Waals surface area (Å²) in [6.07, 6.45) is 1.75. The minimum Gasteiger partial charge on any atom is -0.491 e. The number of anilines is 1. The number of pyridine rings is 1. The fraction of sp³-hybridized carbons (Fsp3) is 0.333. The molecule has 3 heterocycles. The Bertz CT molecular complexity index is 1170. The summed E-state index contributed by atoms with van der Waals surface area (Å²) in [6, 6.07) is 15.2. The van der Waals surface area contributed by atoms with Crippen molar-refractivity contribution >= 4 is 32.5 Å². The molecule has 0 spiro atoms. The molecule has 152 valence electrons. The molecule has 0 unspecified atom stereocenters. The number of benzene rings is 2. The molecular formula is C24H23BrN4O. The predicted octanol–water partition coefficient (Wildman–Crippen LogP) is 4.65. The summed E-state index contributed by atoms with van der Waals surface area (Å²) in [5.74, 6) is 0.989. The van der Waals surface area contributed by atoms with Crippen LogP contribution < -0.4 is 9.64 Å². The molecule has 0 bridgehead atoms. The van der Waals surface area contributed by atoms with Crippen molar-refractivity contribution in [3.63, 3.8) is 0 Å². The zero-order valence-electron chi connectivity index (χ0n) is 17.1. The summed E-state index contributed by atoms with van der Waals surface area (Å²) < 4.78 is 7.34. The van der Waals surface area contributed by atoms with Gasteiger partial charge in [0.25, 0.3) is 0 Å². The molecule has 6 heteroatoms. The Balaban J connectivity index is 1.49. The molecule has 1 aromatic heterocycles. The zero-order valence-corrected chi connectivity index (χ0v) is 18.7. The van der Waals surface area contributed by atoms with Crippen LogP contribution in [-0.4, -0.2) is 41.7 Å². The summed E-state index contributed by atoms with van der Waals surface area (Å²) in [5, 5.41) is 10.5. The van der Waals surface area contributed by atoms with Crippen LogP contribution in [0, 0.1) is 18.3 Å². The average Bonchev–Trinajstić information content (AvgIpc) is 2.93. The van der Waals surface area contributed by atoms with Gasteiger partial charge in [-0.1, -0.05) is 15.9 Å². The number of halogens is 1. The first-order valence-electron chi connectivity index (χ1n) is 10.3. The Morgan fingerprint density at radius 1 is 1.23 bits per heavy atom. The third-order valence-corrected chi connectivity index (χ3v) is 6.79. The van der Waals surface area contributed by atoms with Gasteiger partial charge in [0.15, 0.2) is 0 Å². The molecule has 0 N–H and O–H groups in total. The fourth-order valence-corrected chi connectivity index (χ4v) is 5.36. The molecular weight excluding hydrogens is 440 g/mol. The molecule has 0 aliphatic carbocycles. The molecule has 2 atom stereocenters. The van der Waals surface area contributed by atoms with E-state index < -0.39 is 0 Å². The molecule has 2 aliphatic rings. The summed E-state index contributed by atoms with van der Waals surface area (Å²) in [6.45, 7) is 7.83. The monoisotopic (exact) mass is 462 g/mol. The molecule has 5 nitrogen and oxygen atoms in total. The van der Waals surface area contributed by atoms with Gasteiger partial charge in [-0.25, -0.2) is 0 Å². The van der Waals surface area contributed by atoms with Crippen molar-refractivity contribution in [3.8, 4) is 11.8 Å². The Morgan fingerprint density at radius 2 is 2.10 bits per heavy atom. The quantitative estimate of drug-likeness (QED) is 0.526. The van der Waals surface area contributed by atoms with E-state index in [1.807, 2.05) is 12.1 Å². The molecule has 0 amide bonds. The highest BCUT2D eigenvalue weighted by Crippen LogP contribution is 2.36. The van der Waals surface area contributed by atoms with E-state index in [-0.39, 0.29) is 0 Å². The average molecular weight is 463 g/mol. The first kappa shape index (κ1) is 19.3. The third kappa shape index (κ3) is 3.23. The van der Waals surface area contributed by atoms with Crippen LogP contribution in [0.3, 0.4) is 0 Å². The van der Waals surface area contributed by atoms with E-state index in [0.717, 1.165) is 46.4 Å². The number of rotatable bonds is 1. The molecule has 1 saturated heterocycles. The van der Waals surface area contributed by atoms with E-state index in [0.29, 0.717) is 24.3 Å².